The highest BCUT2D eigenvalue weighted by atomic mass is 35.5. The topological polar surface area (TPSA) is 39.4 Å². The quantitative estimate of drug-likeness (QED) is 0.707. The Morgan fingerprint density at radius 2 is 1.88 bits per heavy atom. The molecule has 0 bridgehead atoms. The van der Waals surface area contributed by atoms with Gasteiger partial charge in [-0.05, 0) is 61.9 Å². The number of fused-ring (bicyclic) bond motifs is 1. The smallest absolute Gasteiger partial charge is 0.203 e. The molecule has 1 aromatic carbocycles. The van der Waals surface area contributed by atoms with Crippen molar-refractivity contribution in [3.8, 4) is 5.75 Å². The van der Waals surface area contributed by atoms with Gasteiger partial charge in [0.05, 0.1) is 11.5 Å². The van der Waals surface area contributed by atoms with E-state index in [-0.39, 0.29) is 5.41 Å². The number of ether oxygens (including phenoxy) is 1. The summed E-state index contributed by atoms with van der Waals surface area (Å²) in [5.41, 5.74) is 2.03. The molecule has 0 amide bonds. The van der Waals surface area contributed by atoms with Gasteiger partial charge in [0.25, 0.3) is 0 Å². The highest BCUT2D eigenvalue weighted by molar-refractivity contribution is 6.30. The predicted octanol–water partition coefficient (Wildman–Crippen LogP) is 4.39. The molecule has 0 saturated heterocycles. The van der Waals surface area contributed by atoms with Crippen LogP contribution in [0.1, 0.15) is 43.5 Å². The van der Waals surface area contributed by atoms with Crippen molar-refractivity contribution in [1.29, 1.82) is 0 Å². The molecule has 5 rings (SSSR count). The lowest BCUT2D eigenvalue weighted by Gasteiger charge is -2.26. The molecule has 5 heteroatoms. The molecule has 0 radical (unpaired) electrons. The van der Waals surface area contributed by atoms with Crippen LogP contribution in [0, 0.1) is 0 Å². The summed E-state index contributed by atoms with van der Waals surface area (Å²) in [5, 5.41) is 9.74. The van der Waals surface area contributed by atoms with Crippen molar-refractivity contribution < 1.29 is 4.74 Å². The summed E-state index contributed by atoms with van der Waals surface area (Å²) >= 11 is 6.04. The lowest BCUT2D eigenvalue weighted by Crippen LogP contribution is -2.24. The zero-order valence-electron chi connectivity index (χ0n) is 13.3. The molecule has 2 fully saturated rings. The zero-order valence-corrected chi connectivity index (χ0v) is 14.0. The Hall–Kier alpha value is -2.07. The van der Waals surface area contributed by atoms with Crippen LogP contribution in [0.15, 0.2) is 42.6 Å². The average molecular weight is 340 g/mol. The van der Waals surface area contributed by atoms with Gasteiger partial charge in [0.2, 0.25) is 5.65 Å². The predicted molar refractivity (Wildman–Crippen MR) is 92.7 cm³/mol. The van der Waals surface area contributed by atoms with Crippen LogP contribution in [0.3, 0.4) is 0 Å². The summed E-state index contributed by atoms with van der Waals surface area (Å²) in [5.74, 6) is 1.84. The molecule has 2 aliphatic rings. The normalized spacial score (nSPS) is 19.2. The van der Waals surface area contributed by atoms with Crippen molar-refractivity contribution in [2.24, 2.45) is 0 Å². The van der Waals surface area contributed by atoms with Crippen LogP contribution in [0.4, 0.5) is 0 Å². The van der Waals surface area contributed by atoms with Crippen molar-refractivity contribution >= 4 is 17.2 Å². The number of benzene rings is 1. The number of hydrogen-bond donors (Lipinski definition) is 0. The summed E-state index contributed by atoms with van der Waals surface area (Å²) in [4.78, 5) is 0. The summed E-state index contributed by atoms with van der Waals surface area (Å²) in [6.45, 7) is 0. The molecule has 2 heterocycles. The van der Waals surface area contributed by atoms with Crippen LogP contribution in [0.25, 0.3) is 5.65 Å². The molecule has 2 aliphatic carbocycles. The Morgan fingerprint density at radius 3 is 2.54 bits per heavy atom. The standard InChI is InChI=1S/C19H18ClN3O/c20-14-8-6-13(7-9-14)19(10-11-19)18-22-21-17-16(5-2-12-23(17)18)24-15-3-1-4-15/h2,5-9,12,15H,1,3-4,10-11H2. The third-order valence-corrected chi connectivity index (χ3v) is 5.57. The molecule has 0 N–H and O–H groups in total. The van der Waals surface area contributed by atoms with Gasteiger partial charge in [0, 0.05) is 11.2 Å². The summed E-state index contributed by atoms with van der Waals surface area (Å²) in [6.07, 6.45) is 8.07. The lowest BCUT2D eigenvalue weighted by atomic mass is 9.95. The number of nitrogens with zero attached hydrogens (tertiary/aromatic N) is 3. The first-order chi connectivity index (χ1) is 11.8. The fourth-order valence-electron chi connectivity index (χ4n) is 3.51. The molecule has 0 aliphatic heterocycles. The van der Waals surface area contributed by atoms with Gasteiger partial charge in [0.1, 0.15) is 5.82 Å². The number of rotatable bonds is 4. The van der Waals surface area contributed by atoms with Gasteiger partial charge in [-0.1, -0.05) is 23.7 Å². The Kier molecular flexibility index (Phi) is 3.10. The molecule has 0 atom stereocenters. The number of hydrogen-bond acceptors (Lipinski definition) is 3. The second-order valence-corrected chi connectivity index (χ2v) is 7.29. The highest BCUT2D eigenvalue weighted by Gasteiger charge is 2.49. The molecule has 24 heavy (non-hydrogen) atoms. The average Bonchev–Trinajstić information content (AvgIpc) is 3.24. The molecule has 2 saturated carbocycles. The summed E-state index contributed by atoms with van der Waals surface area (Å²) in [7, 11) is 0. The van der Waals surface area contributed by atoms with Crippen molar-refractivity contribution in [3.63, 3.8) is 0 Å². The maximum absolute atomic E-state index is 6.09. The molecule has 2 aromatic heterocycles. The second-order valence-electron chi connectivity index (χ2n) is 6.85. The second kappa shape index (κ2) is 5.21. The van der Waals surface area contributed by atoms with Crippen LogP contribution in [-0.2, 0) is 5.41 Å². The van der Waals surface area contributed by atoms with Gasteiger partial charge in [-0.2, -0.15) is 0 Å². The summed E-state index contributed by atoms with van der Waals surface area (Å²) < 4.78 is 8.18. The minimum Gasteiger partial charge on any atom is -0.486 e. The van der Waals surface area contributed by atoms with Crippen molar-refractivity contribution in [1.82, 2.24) is 14.6 Å². The third-order valence-electron chi connectivity index (χ3n) is 5.32. The van der Waals surface area contributed by atoms with E-state index in [0.29, 0.717) is 6.10 Å². The van der Waals surface area contributed by atoms with Gasteiger partial charge in [-0.15, -0.1) is 10.2 Å². The van der Waals surface area contributed by atoms with E-state index in [1.54, 1.807) is 0 Å². The molecular formula is C19H18ClN3O. The molecule has 122 valence electrons. The SMILES string of the molecule is Clc1ccc(C2(c3nnc4c(OC5CCC5)cccn34)CC2)cc1. The van der Waals surface area contributed by atoms with Gasteiger partial charge < -0.3 is 4.74 Å². The number of aromatic nitrogens is 3. The van der Waals surface area contributed by atoms with Crippen LogP contribution in [-0.4, -0.2) is 20.7 Å². The Balaban J connectivity index is 1.57. The van der Waals surface area contributed by atoms with Crippen LogP contribution in [0.2, 0.25) is 5.02 Å². The third kappa shape index (κ3) is 2.13. The van der Waals surface area contributed by atoms with Gasteiger partial charge in [-0.3, -0.25) is 4.40 Å². The Labute approximate surface area is 145 Å². The minimum atomic E-state index is -0.0426. The van der Waals surface area contributed by atoms with Crippen LogP contribution in [0.5, 0.6) is 5.75 Å². The monoisotopic (exact) mass is 339 g/mol. The largest absolute Gasteiger partial charge is 0.486 e. The molecule has 3 aromatic rings. The molecule has 0 spiro atoms. The molecule has 0 unspecified atom stereocenters. The van der Waals surface area contributed by atoms with E-state index < -0.39 is 0 Å². The molecular weight excluding hydrogens is 322 g/mol. The van der Waals surface area contributed by atoms with Crippen molar-refractivity contribution in [2.45, 2.75) is 43.6 Å². The van der Waals surface area contributed by atoms with E-state index in [1.807, 2.05) is 30.5 Å². The first-order valence-corrected chi connectivity index (χ1v) is 8.91. The van der Waals surface area contributed by atoms with E-state index in [4.69, 9.17) is 16.3 Å². The van der Waals surface area contributed by atoms with Crippen molar-refractivity contribution in [2.75, 3.05) is 0 Å². The molecule has 4 nitrogen and oxygen atoms in total. The van der Waals surface area contributed by atoms with E-state index in [9.17, 15) is 0 Å². The highest BCUT2D eigenvalue weighted by Crippen LogP contribution is 2.53. The van der Waals surface area contributed by atoms with E-state index in [0.717, 1.165) is 47.9 Å². The first-order valence-electron chi connectivity index (χ1n) is 8.53. The maximum Gasteiger partial charge on any atom is 0.203 e. The van der Waals surface area contributed by atoms with Gasteiger partial charge >= 0.3 is 0 Å². The fourth-order valence-corrected chi connectivity index (χ4v) is 3.64. The minimum absolute atomic E-state index is 0.0426. The zero-order chi connectivity index (χ0) is 16.1. The Bertz CT molecular complexity index is 895. The van der Waals surface area contributed by atoms with Crippen LogP contribution < -0.4 is 4.74 Å². The fraction of sp³-hybridized carbons (Fsp3) is 0.368. The number of pyridine rings is 1. The Morgan fingerprint density at radius 1 is 1.08 bits per heavy atom. The summed E-state index contributed by atoms with van der Waals surface area (Å²) in [6, 6.07) is 12.1. The van der Waals surface area contributed by atoms with Crippen molar-refractivity contribution in [3.05, 3.63) is 59.0 Å². The van der Waals surface area contributed by atoms with E-state index >= 15 is 0 Å². The van der Waals surface area contributed by atoms with Crippen LogP contribution >= 0.6 is 11.6 Å². The maximum atomic E-state index is 6.09. The lowest BCUT2D eigenvalue weighted by molar-refractivity contribution is 0.121. The van der Waals surface area contributed by atoms with Gasteiger partial charge in [0.15, 0.2) is 5.75 Å². The van der Waals surface area contributed by atoms with Gasteiger partial charge in [-0.25, -0.2) is 0 Å². The number of halogens is 1. The van der Waals surface area contributed by atoms with E-state index in [1.165, 1.54) is 12.0 Å². The first kappa shape index (κ1) is 14.3. The van der Waals surface area contributed by atoms with E-state index in [2.05, 4.69) is 26.7 Å².